The Morgan fingerprint density at radius 2 is 1.95 bits per heavy atom. The van der Waals surface area contributed by atoms with E-state index in [1.54, 1.807) is 10.6 Å². The summed E-state index contributed by atoms with van der Waals surface area (Å²) in [5.74, 6) is -1.02. The lowest BCUT2D eigenvalue weighted by Crippen LogP contribution is -2.32. The Kier molecular flexibility index (Phi) is 9.72. The van der Waals surface area contributed by atoms with Crippen LogP contribution < -0.4 is 16.6 Å². The number of aromatic nitrogens is 2. The van der Waals surface area contributed by atoms with E-state index in [1.165, 1.54) is 0 Å². The largest absolute Gasteiger partial charge is 0.458 e. The minimum absolute atomic E-state index is 0. The second-order valence-electron chi connectivity index (χ2n) is 9.78. The number of pyridine rings is 2. The van der Waals surface area contributed by atoms with Crippen LogP contribution in [0.5, 0.6) is 0 Å². The number of unbranched alkanes of at least 4 members (excludes halogenated alkanes) is 1. The van der Waals surface area contributed by atoms with Crippen molar-refractivity contribution in [3.8, 4) is 11.4 Å². The number of amides is 1. The van der Waals surface area contributed by atoms with E-state index >= 15 is 0 Å². The van der Waals surface area contributed by atoms with Crippen molar-refractivity contribution in [2.75, 3.05) is 19.9 Å². The number of cyclic esters (lactones) is 1. The normalized spacial score (nSPS) is 14.7. The number of carbonyl (C=O) groups excluding carboxylic acids is 2. The molecule has 1 unspecified atom stereocenters. The number of nitrogens with zero attached hydrogens (tertiary/aromatic N) is 2. The number of nitrogens with two attached hydrogens (primary N) is 1. The van der Waals surface area contributed by atoms with E-state index in [2.05, 4.69) is 17.4 Å². The molecule has 42 heavy (non-hydrogen) atoms. The quantitative estimate of drug-likeness (QED) is 0.110. The number of hydrogen-bond donors (Lipinski definition) is 3. The highest BCUT2D eigenvalue weighted by Gasteiger charge is 2.34. The minimum Gasteiger partial charge on any atom is -0.458 e. The fraction of sp³-hybridized carbons (Fsp3) is 0.375. The molecule has 1 amide bonds. The molecule has 2 aliphatic rings. The van der Waals surface area contributed by atoms with Crippen LogP contribution in [0, 0.1) is 0 Å². The van der Waals surface area contributed by atoms with E-state index < -0.39 is 12.1 Å². The van der Waals surface area contributed by atoms with Crippen LogP contribution in [0.15, 0.2) is 47.3 Å². The smallest absolute Gasteiger partial charge is 0.340 e. The fourth-order valence-electron chi connectivity index (χ4n) is 5.55. The molecule has 0 radical (unpaired) electrons. The highest BCUT2D eigenvalue weighted by molar-refractivity contribution is 6.09. The molecule has 0 spiro atoms. The second-order valence-corrected chi connectivity index (χ2v) is 9.78. The molecule has 2 aliphatic heterocycles. The zero-order chi connectivity index (χ0) is 29.1. The Balaban J connectivity index is 0.00000132. The van der Waals surface area contributed by atoms with E-state index in [9.17, 15) is 19.5 Å². The molecule has 0 aliphatic carbocycles. The van der Waals surface area contributed by atoms with E-state index in [0.29, 0.717) is 30.1 Å². The summed E-state index contributed by atoms with van der Waals surface area (Å²) in [6.07, 6.45) is 0.840. The number of esters is 1. The van der Waals surface area contributed by atoms with Crippen molar-refractivity contribution in [2.45, 2.75) is 59.8 Å². The third kappa shape index (κ3) is 5.53. The Bertz CT molecular complexity index is 1700. The number of aliphatic hydroxyl groups is 1. The number of fused-ring (bicyclic) bond motifs is 7. The van der Waals surface area contributed by atoms with Crippen molar-refractivity contribution in [2.24, 2.45) is 5.73 Å². The Morgan fingerprint density at radius 1 is 1.17 bits per heavy atom. The summed E-state index contributed by atoms with van der Waals surface area (Å²) in [7, 11) is 0. The van der Waals surface area contributed by atoms with Gasteiger partial charge in [-0.1, -0.05) is 51.6 Å². The molecule has 4 heterocycles. The third-order valence-corrected chi connectivity index (χ3v) is 7.48. The van der Waals surface area contributed by atoms with Crippen molar-refractivity contribution in [3.05, 3.63) is 75.1 Å². The van der Waals surface area contributed by atoms with Gasteiger partial charge in [-0.3, -0.25) is 9.59 Å². The van der Waals surface area contributed by atoms with E-state index in [-0.39, 0.29) is 44.3 Å². The molecular weight excluding hydrogens is 536 g/mol. The summed E-state index contributed by atoms with van der Waals surface area (Å²) in [4.78, 5) is 41.7. The number of nitrogens with one attached hydrogen (secondary N) is 1. The first-order chi connectivity index (χ1) is 20.0. The summed E-state index contributed by atoms with van der Waals surface area (Å²) < 4.78 is 12.2. The molecule has 0 bridgehead atoms. The van der Waals surface area contributed by atoms with Gasteiger partial charge in [-0.2, -0.15) is 0 Å². The Morgan fingerprint density at radius 3 is 2.74 bits per heavy atom. The van der Waals surface area contributed by atoms with Crippen LogP contribution >= 0.6 is 0 Å². The number of aliphatic hydroxyl groups excluding tert-OH is 1. The number of benzene rings is 2. The first kappa shape index (κ1) is 30.8. The van der Waals surface area contributed by atoms with Crippen LogP contribution in [0.3, 0.4) is 0 Å². The molecule has 10 heteroatoms. The highest BCUT2D eigenvalue weighted by Crippen LogP contribution is 2.40. The number of hydrogen-bond acceptors (Lipinski definition) is 8. The number of carbonyl (C=O) groups is 2. The van der Waals surface area contributed by atoms with Crippen LogP contribution in [-0.4, -0.2) is 46.4 Å². The van der Waals surface area contributed by atoms with Gasteiger partial charge in [-0.15, -0.1) is 0 Å². The van der Waals surface area contributed by atoms with Crippen molar-refractivity contribution in [3.63, 3.8) is 0 Å². The molecule has 10 nitrogen and oxygen atoms in total. The zero-order valence-electron chi connectivity index (χ0n) is 23.2. The van der Waals surface area contributed by atoms with Crippen molar-refractivity contribution >= 4 is 33.6 Å². The lowest BCUT2D eigenvalue weighted by Gasteiger charge is -2.21. The van der Waals surface area contributed by atoms with Gasteiger partial charge >= 0.3 is 5.97 Å². The molecule has 0 saturated carbocycles. The summed E-state index contributed by atoms with van der Waals surface area (Å²) in [6, 6.07) is 13.9. The van der Waals surface area contributed by atoms with Gasteiger partial charge in [-0.05, 0) is 47.7 Å². The second kappa shape index (κ2) is 13.2. The molecule has 2 aromatic carbocycles. The molecule has 1 atom stereocenters. The van der Waals surface area contributed by atoms with E-state index in [0.717, 1.165) is 52.1 Å². The maximum absolute atomic E-state index is 13.5. The van der Waals surface area contributed by atoms with Gasteiger partial charge < -0.3 is 30.2 Å². The molecule has 4 N–H and O–H groups in total. The summed E-state index contributed by atoms with van der Waals surface area (Å²) in [6.45, 7) is 4.72. The van der Waals surface area contributed by atoms with Gasteiger partial charge in [0.15, 0.2) is 6.10 Å². The van der Waals surface area contributed by atoms with Gasteiger partial charge in [0.05, 0.1) is 35.6 Å². The number of rotatable bonds is 8. The monoisotopic (exact) mass is 574 g/mol. The highest BCUT2D eigenvalue weighted by atomic mass is 16.5. The maximum Gasteiger partial charge on any atom is 0.340 e. The molecule has 0 saturated heterocycles. The summed E-state index contributed by atoms with van der Waals surface area (Å²) in [5, 5.41) is 16.3. The van der Waals surface area contributed by atoms with Crippen molar-refractivity contribution in [1.82, 2.24) is 14.9 Å². The standard InChI is InChI=1S/C29H28N4O6.C2H6.CH4/c30-12-24(34)31-15-38-10-4-3-7-18-20-13-33-23(11-19-21(28(33)36)14-39-29(37)27(19)35)26(20)32-22-9-8-16-5-1-2-6-17(16)25(18)22;1-2;/h1-2,5-6,8-9,11,27,35H,3-4,7,10,12-15,30H2,(H,31,34);1-2H3;1H4. The van der Waals surface area contributed by atoms with Crippen LogP contribution in [-0.2, 0) is 38.6 Å². The predicted molar refractivity (Wildman–Crippen MR) is 162 cm³/mol. The zero-order valence-corrected chi connectivity index (χ0v) is 23.2. The Labute approximate surface area is 244 Å². The maximum atomic E-state index is 13.5. The third-order valence-electron chi connectivity index (χ3n) is 7.48. The van der Waals surface area contributed by atoms with Crippen LogP contribution in [0.1, 0.15) is 62.5 Å². The predicted octanol–water partition coefficient (Wildman–Crippen LogP) is 3.70. The molecule has 4 aromatic rings. The van der Waals surface area contributed by atoms with Crippen molar-refractivity contribution < 1.29 is 24.2 Å². The molecule has 2 aromatic heterocycles. The molecule has 0 fully saturated rings. The van der Waals surface area contributed by atoms with Crippen LogP contribution in [0.2, 0.25) is 0 Å². The average Bonchev–Trinajstić information content (AvgIpc) is 3.37. The SMILES string of the molecule is C.CC.NCC(=O)NCOCCCCc1c2c(nc3ccc4ccccc4c13)-c1cc3c(c(=O)n1C2)COC(=O)C3O. The van der Waals surface area contributed by atoms with Gasteiger partial charge in [0, 0.05) is 23.1 Å². The van der Waals surface area contributed by atoms with Crippen molar-refractivity contribution in [1.29, 1.82) is 0 Å². The van der Waals surface area contributed by atoms with E-state index in [4.69, 9.17) is 20.2 Å². The molecule has 6 rings (SSSR count). The lowest BCUT2D eigenvalue weighted by molar-refractivity contribution is -0.157. The number of ether oxygens (including phenoxy) is 2. The fourth-order valence-corrected chi connectivity index (χ4v) is 5.55. The first-order valence-corrected chi connectivity index (χ1v) is 14.0. The van der Waals surface area contributed by atoms with Crippen LogP contribution in [0.25, 0.3) is 33.1 Å². The van der Waals surface area contributed by atoms with E-state index in [1.807, 2.05) is 38.1 Å². The average molecular weight is 575 g/mol. The topological polar surface area (TPSA) is 146 Å². The van der Waals surface area contributed by atoms with Gasteiger partial charge in [0.25, 0.3) is 5.56 Å². The Hall–Kier alpha value is -4.12. The van der Waals surface area contributed by atoms with Crippen LogP contribution in [0.4, 0.5) is 0 Å². The van der Waals surface area contributed by atoms with Gasteiger partial charge in [0.1, 0.15) is 13.3 Å². The minimum atomic E-state index is -1.49. The van der Waals surface area contributed by atoms with Gasteiger partial charge in [-0.25, -0.2) is 9.78 Å². The lowest BCUT2D eigenvalue weighted by atomic mass is 9.92. The van der Waals surface area contributed by atoms with Gasteiger partial charge in [0.2, 0.25) is 5.91 Å². The first-order valence-electron chi connectivity index (χ1n) is 14.0. The number of aryl methyl sites for hydroxylation is 1. The molecule has 222 valence electrons. The summed E-state index contributed by atoms with van der Waals surface area (Å²) >= 11 is 0. The molecular formula is C32H38N4O6. The summed E-state index contributed by atoms with van der Waals surface area (Å²) in [5.41, 5.74) is 9.80.